The van der Waals surface area contributed by atoms with Crippen molar-refractivity contribution in [2.24, 2.45) is 0 Å². The van der Waals surface area contributed by atoms with Crippen LogP contribution in [0.15, 0.2) is 72.4 Å². The average Bonchev–Trinajstić information content (AvgIpc) is 3.20. The summed E-state index contributed by atoms with van der Waals surface area (Å²) in [5.41, 5.74) is 2.19. The Bertz CT molecular complexity index is 1470. The Balaban J connectivity index is 1.46. The van der Waals surface area contributed by atoms with Gasteiger partial charge in [0.1, 0.15) is 18.1 Å². The predicted molar refractivity (Wildman–Crippen MR) is 146 cm³/mol. The van der Waals surface area contributed by atoms with Crippen LogP contribution in [-0.4, -0.2) is 48.9 Å². The molecule has 0 aromatic heterocycles. The van der Waals surface area contributed by atoms with Crippen LogP contribution in [0, 0.1) is 5.82 Å². The molecule has 0 bridgehead atoms. The highest BCUT2D eigenvalue weighted by molar-refractivity contribution is 6.16. The van der Waals surface area contributed by atoms with Crippen LogP contribution in [0.25, 0.3) is 6.08 Å². The van der Waals surface area contributed by atoms with Gasteiger partial charge in [-0.05, 0) is 54.5 Å². The van der Waals surface area contributed by atoms with Crippen molar-refractivity contribution in [2.75, 3.05) is 30.9 Å². The number of amides is 5. The molecule has 0 spiro atoms. The van der Waals surface area contributed by atoms with E-state index < -0.39 is 42.7 Å². The number of aryl methyl sites for hydroxylation is 1. The lowest BCUT2D eigenvalue weighted by molar-refractivity contribution is -0.127. The Labute approximate surface area is 229 Å². The minimum absolute atomic E-state index is 0.0828. The molecule has 0 aliphatic carbocycles. The van der Waals surface area contributed by atoms with Crippen molar-refractivity contribution in [3.8, 4) is 11.5 Å². The minimum Gasteiger partial charge on any atom is -0.493 e. The molecule has 3 aromatic carbocycles. The Morgan fingerprint density at radius 2 is 1.73 bits per heavy atom. The van der Waals surface area contributed by atoms with Gasteiger partial charge in [-0.1, -0.05) is 37.3 Å². The first-order chi connectivity index (χ1) is 19.3. The number of rotatable bonds is 10. The second-order valence-corrected chi connectivity index (χ2v) is 8.66. The van der Waals surface area contributed by atoms with E-state index in [1.54, 1.807) is 30.3 Å². The lowest BCUT2D eigenvalue weighted by atomic mass is 10.1. The zero-order valence-electron chi connectivity index (χ0n) is 21.8. The second-order valence-electron chi connectivity index (χ2n) is 8.66. The van der Waals surface area contributed by atoms with Crippen molar-refractivity contribution >= 4 is 41.2 Å². The first-order valence-corrected chi connectivity index (χ1v) is 12.4. The summed E-state index contributed by atoms with van der Waals surface area (Å²) in [7, 11) is 1.41. The van der Waals surface area contributed by atoms with E-state index in [1.165, 1.54) is 37.5 Å². The van der Waals surface area contributed by atoms with Crippen LogP contribution in [-0.2, 0) is 20.8 Å². The molecular formula is C29H27FN4O6. The summed E-state index contributed by atoms with van der Waals surface area (Å²) < 4.78 is 24.2. The molecule has 3 aromatic rings. The number of methoxy groups -OCH3 is 1. The number of carbonyl (C=O) groups is 4. The van der Waals surface area contributed by atoms with Gasteiger partial charge >= 0.3 is 6.03 Å². The molecule has 1 fully saturated rings. The first kappa shape index (κ1) is 27.8. The highest BCUT2D eigenvalue weighted by atomic mass is 19.1. The van der Waals surface area contributed by atoms with Gasteiger partial charge in [-0.25, -0.2) is 14.1 Å². The summed E-state index contributed by atoms with van der Waals surface area (Å²) in [6.45, 7) is 1.05. The van der Waals surface area contributed by atoms with Crippen LogP contribution in [0.3, 0.4) is 0 Å². The maximum Gasteiger partial charge on any atom is 0.329 e. The van der Waals surface area contributed by atoms with Gasteiger partial charge in [-0.2, -0.15) is 0 Å². The van der Waals surface area contributed by atoms with Gasteiger partial charge < -0.3 is 25.4 Å². The molecule has 11 heteroatoms. The van der Waals surface area contributed by atoms with E-state index >= 15 is 0 Å². The molecule has 1 saturated heterocycles. The van der Waals surface area contributed by atoms with Crippen LogP contribution in [0.2, 0.25) is 0 Å². The molecule has 40 heavy (non-hydrogen) atoms. The number of urea groups is 1. The Morgan fingerprint density at radius 3 is 2.45 bits per heavy atom. The second kappa shape index (κ2) is 12.6. The number of ether oxygens (including phenoxy) is 2. The van der Waals surface area contributed by atoms with Crippen molar-refractivity contribution < 1.29 is 33.0 Å². The molecule has 3 N–H and O–H groups in total. The summed E-state index contributed by atoms with van der Waals surface area (Å²) in [4.78, 5) is 51.4. The standard InChI is InChI=1S/C29H27FN4O6/c1-3-18-7-4-5-9-22(18)32-25(35)16-34-28(37)23(33-29(34)38)15-19-8-6-10-24(39-2)27(19)40-17-26(36)31-21-13-11-20(30)12-14-21/h4-15H,3,16-17H2,1-2H3,(H,31,36)(H,32,35)(H,33,38)/b23-15+. The van der Waals surface area contributed by atoms with Crippen LogP contribution in [0.4, 0.5) is 20.6 Å². The van der Waals surface area contributed by atoms with E-state index in [1.807, 2.05) is 19.1 Å². The zero-order valence-corrected chi connectivity index (χ0v) is 21.8. The van der Waals surface area contributed by atoms with E-state index in [-0.39, 0.29) is 17.2 Å². The fourth-order valence-electron chi connectivity index (χ4n) is 3.98. The number of nitrogens with one attached hydrogen (secondary N) is 3. The Kier molecular flexibility index (Phi) is 8.75. The van der Waals surface area contributed by atoms with Gasteiger partial charge in [0.2, 0.25) is 5.91 Å². The van der Waals surface area contributed by atoms with E-state index in [9.17, 15) is 23.6 Å². The van der Waals surface area contributed by atoms with Crippen LogP contribution in [0.5, 0.6) is 11.5 Å². The average molecular weight is 547 g/mol. The van der Waals surface area contributed by atoms with Crippen LogP contribution in [0.1, 0.15) is 18.1 Å². The highest BCUT2D eigenvalue weighted by Gasteiger charge is 2.35. The van der Waals surface area contributed by atoms with Gasteiger partial charge in [0.15, 0.2) is 18.1 Å². The smallest absolute Gasteiger partial charge is 0.329 e. The summed E-state index contributed by atoms with van der Waals surface area (Å²) in [6.07, 6.45) is 2.07. The lowest BCUT2D eigenvalue weighted by Crippen LogP contribution is -2.38. The number of para-hydroxylation sites is 2. The summed E-state index contributed by atoms with van der Waals surface area (Å²) in [6, 6.07) is 16.6. The number of hydrogen-bond donors (Lipinski definition) is 3. The van der Waals surface area contributed by atoms with Gasteiger partial charge in [-0.15, -0.1) is 0 Å². The lowest BCUT2D eigenvalue weighted by Gasteiger charge is -2.14. The fourth-order valence-corrected chi connectivity index (χ4v) is 3.98. The molecule has 1 aliphatic heterocycles. The van der Waals surface area contributed by atoms with Crippen molar-refractivity contribution in [3.05, 3.63) is 89.4 Å². The van der Waals surface area contributed by atoms with Crippen molar-refractivity contribution in [3.63, 3.8) is 0 Å². The highest BCUT2D eigenvalue weighted by Crippen LogP contribution is 2.33. The molecule has 0 atom stereocenters. The minimum atomic E-state index is -0.751. The zero-order chi connectivity index (χ0) is 28.6. The van der Waals surface area contributed by atoms with Crippen LogP contribution < -0.4 is 25.4 Å². The molecule has 4 rings (SSSR count). The summed E-state index contributed by atoms with van der Waals surface area (Å²) in [5.74, 6) is -1.73. The third-order valence-corrected chi connectivity index (χ3v) is 5.94. The van der Waals surface area contributed by atoms with Gasteiger partial charge in [0.05, 0.1) is 7.11 Å². The number of hydrogen-bond acceptors (Lipinski definition) is 6. The van der Waals surface area contributed by atoms with Crippen molar-refractivity contribution in [2.45, 2.75) is 13.3 Å². The van der Waals surface area contributed by atoms with Crippen LogP contribution >= 0.6 is 0 Å². The molecule has 0 radical (unpaired) electrons. The first-order valence-electron chi connectivity index (χ1n) is 12.4. The fraction of sp³-hybridized carbons (Fsp3) is 0.172. The van der Waals surface area contributed by atoms with Gasteiger partial charge in [0.25, 0.3) is 11.8 Å². The van der Waals surface area contributed by atoms with E-state index in [2.05, 4.69) is 16.0 Å². The van der Waals surface area contributed by atoms with E-state index in [0.717, 1.165) is 10.5 Å². The Hall–Kier alpha value is -5.19. The number of benzene rings is 3. The van der Waals surface area contributed by atoms with E-state index in [0.29, 0.717) is 23.4 Å². The third kappa shape index (κ3) is 6.62. The number of imide groups is 1. The van der Waals surface area contributed by atoms with Crippen molar-refractivity contribution in [1.82, 2.24) is 10.2 Å². The quantitative estimate of drug-likeness (QED) is 0.261. The van der Waals surface area contributed by atoms with Gasteiger partial charge in [-0.3, -0.25) is 14.4 Å². The molecule has 206 valence electrons. The predicted octanol–water partition coefficient (Wildman–Crippen LogP) is 3.95. The molecule has 1 aliphatic rings. The number of halogens is 1. The Morgan fingerprint density at radius 1 is 0.975 bits per heavy atom. The maximum absolute atomic E-state index is 13.1. The van der Waals surface area contributed by atoms with Crippen molar-refractivity contribution in [1.29, 1.82) is 0 Å². The molecule has 1 heterocycles. The number of carbonyl (C=O) groups excluding carboxylic acids is 4. The maximum atomic E-state index is 13.1. The molecule has 0 saturated carbocycles. The van der Waals surface area contributed by atoms with E-state index in [4.69, 9.17) is 9.47 Å². The topological polar surface area (TPSA) is 126 Å². The monoisotopic (exact) mass is 546 g/mol. The normalized spacial score (nSPS) is 13.7. The third-order valence-electron chi connectivity index (χ3n) is 5.94. The molecule has 5 amide bonds. The molecule has 0 unspecified atom stereocenters. The van der Waals surface area contributed by atoms with Gasteiger partial charge in [0, 0.05) is 16.9 Å². The SMILES string of the molecule is CCc1ccccc1NC(=O)CN1C(=O)N/C(=C/c2cccc(OC)c2OCC(=O)Nc2ccc(F)cc2)C1=O. The molecule has 10 nitrogen and oxygen atoms in total. The largest absolute Gasteiger partial charge is 0.493 e. The summed E-state index contributed by atoms with van der Waals surface area (Å²) >= 11 is 0. The molecular weight excluding hydrogens is 519 g/mol. The number of anilines is 2. The number of nitrogens with zero attached hydrogens (tertiary/aromatic N) is 1. The summed E-state index contributed by atoms with van der Waals surface area (Å²) in [5, 5.41) is 7.80.